The Hall–Kier alpha value is -2.88. The lowest BCUT2D eigenvalue weighted by atomic mass is 10.0. The van der Waals surface area contributed by atoms with Crippen LogP contribution in [0.15, 0.2) is 54.7 Å². The van der Waals surface area contributed by atoms with E-state index in [4.69, 9.17) is 15.3 Å². The summed E-state index contributed by atoms with van der Waals surface area (Å²) in [4.78, 5) is 9.00. The van der Waals surface area contributed by atoms with Crippen LogP contribution in [0.25, 0.3) is 10.9 Å². The van der Waals surface area contributed by atoms with Crippen LogP contribution < -0.4 is 0 Å². The van der Waals surface area contributed by atoms with Crippen molar-refractivity contribution < 1.29 is 9.90 Å². The van der Waals surface area contributed by atoms with E-state index < -0.39 is 5.97 Å². The second kappa shape index (κ2) is 7.59. The Bertz CT molecular complexity index is 860. The molecule has 0 aliphatic heterocycles. The third-order valence-corrected chi connectivity index (χ3v) is 3.79. The maximum absolute atomic E-state index is 9.00. The summed E-state index contributed by atoms with van der Waals surface area (Å²) in [6.07, 6.45) is 3.07. The number of nitrogens with one attached hydrogen (secondary N) is 1. The van der Waals surface area contributed by atoms with Gasteiger partial charge in [-0.15, -0.1) is 0 Å². The lowest BCUT2D eigenvalue weighted by Gasteiger charge is -2.04. The molecule has 124 valence electrons. The van der Waals surface area contributed by atoms with E-state index in [1.165, 1.54) is 16.5 Å². The smallest absolute Gasteiger partial charge is 0.300 e. The van der Waals surface area contributed by atoms with Crippen LogP contribution in [-0.4, -0.2) is 21.4 Å². The molecule has 0 amide bonds. The predicted octanol–water partition coefficient (Wildman–Crippen LogP) is 4.25. The van der Waals surface area contributed by atoms with Gasteiger partial charge in [0.25, 0.3) is 5.97 Å². The number of aromatic nitrogens is 1. The molecule has 0 unspecified atom stereocenters. The van der Waals surface area contributed by atoms with Crippen molar-refractivity contribution in [2.75, 3.05) is 0 Å². The lowest BCUT2D eigenvalue weighted by Crippen LogP contribution is -2.00. The fourth-order valence-corrected chi connectivity index (χ4v) is 2.62. The number of benzene rings is 2. The van der Waals surface area contributed by atoms with Crippen LogP contribution in [-0.2, 0) is 18.3 Å². The molecule has 3 aromatic rings. The maximum Gasteiger partial charge on any atom is 0.300 e. The van der Waals surface area contributed by atoms with E-state index in [9.17, 15) is 0 Å². The topological polar surface area (TPSA) is 66.1 Å². The molecule has 0 atom stereocenters. The molecule has 24 heavy (non-hydrogen) atoms. The summed E-state index contributed by atoms with van der Waals surface area (Å²) in [5, 5.41) is 17.1. The third-order valence-electron chi connectivity index (χ3n) is 3.79. The van der Waals surface area contributed by atoms with Gasteiger partial charge in [0.2, 0.25) is 0 Å². The highest BCUT2D eigenvalue weighted by atomic mass is 16.4. The number of hydrogen-bond acceptors (Lipinski definition) is 2. The Labute approximate surface area is 141 Å². The highest BCUT2D eigenvalue weighted by Gasteiger charge is 2.12. The highest BCUT2D eigenvalue weighted by molar-refractivity contribution is 6.17. The molecule has 0 bridgehead atoms. The molecule has 3 rings (SSSR count). The molecular weight excluding hydrogens is 300 g/mol. The molecule has 2 N–H and O–H groups in total. The Morgan fingerprint density at radius 3 is 2.38 bits per heavy atom. The minimum atomic E-state index is -0.833. The number of nitrogens with zero attached hydrogens (tertiary/aromatic N) is 1. The van der Waals surface area contributed by atoms with Crippen molar-refractivity contribution >= 4 is 22.6 Å². The van der Waals surface area contributed by atoms with Crippen LogP contribution in [0.2, 0.25) is 0 Å². The SMILES string of the molecule is CC(=O)O.CCc1ccc2c(c1)c(C(=N)c1ccccc1)cn2C. The summed E-state index contributed by atoms with van der Waals surface area (Å²) in [6.45, 7) is 3.24. The van der Waals surface area contributed by atoms with Crippen molar-refractivity contribution in [1.29, 1.82) is 5.41 Å². The van der Waals surface area contributed by atoms with Crippen molar-refractivity contribution in [3.05, 3.63) is 71.4 Å². The van der Waals surface area contributed by atoms with Gasteiger partial charge in [-0.05, 0) is 24.1 Å². The van der Waals surface area contributed by atoms with Crippen LogP contribution in [0, 0.1) is 5.41 Å². The first-order valence-electron chi connectivity index (χ1n) is 7.85. The second-order valence-electron chi connectivity index (χ2n) is 5.62. The van der Waals surface area contributed by atoms with E-state index in [1.807, 2.05) is 37.4 Å². The van der Waals surface area contributed by atoms with Gasteiger partial charge in [0.05, 0.1) is 5.71 Å². The number of carbonyl (C=O) groups is 1. The van der Waals surface area contributed by atoms with Gasteiger partial charge in [0.15, 0.2) is 0 Å². The molecule has 0 aliphatic carbocycles. The zero-order valence-corrected chi connectivity index (χ0v) is 14.2. The Morgan fingerprint density at radius 2 is 1.79 bits per heavy atom. The first kappa shape index (κ1) is 17.5. The van der Waals surface area contributed by atoms with Crippen LogP contribution >= 0.6 is 0 Å². The maximum atomic E-state index is 9.00. The van der Waals surface area contributed by atoms with E-state index in [2.05, 4.69) is 35.9 Å². The number of aliphatic carboxylic acids is 1. The molecule has 2 aromatic carbocycles. The van der Waals surface area contributed by atoms with Crippen molar-refractivity contribution in [3.8, 4) is 0 Å². The number of carboxylic acids is 1. The summed E-state index contributed by atoms with van der Waals surface area (Å²) in [5.74, 6) is -0.833. The largest absolute Gasteiger partial charge is 0.481 e. The molecule has 0 radical (unpaired) electrons. The standard InChI is InChI=1S/C18H18N2.C2H4O2/c1-3-13-9-10-17-15(11-13)16(12-20(17)2)18(19)14-7-5-4-6-8-14;1-2(3)4/h4-12,19H,3H2,1-2H3;1H3,(H,3,4). The van der Waals surface area contributed by atoms with E-state index in [1.54, 1.807) is 0 Å². The van der Waals surface area contributed by atoms with Crippen molar-refractivity contribution in [1.82, 2.24) is 4.57 Å². The number of aryl methyl sites for hydroxylation is 2. The quantitative estimate of drug-likeness (QED) is 0.708. The molecule has 0 aliphatic rings. The normalized spacial score (nSPS) is 10.1. The van der Waals surface area contributed by atoms with Gasteiger partial charge in [-0.3, -0.25) is 10.2 Å². The van der Waals surface area contributed by atoms with Gasteiger partial charge < -0.3 is 9.67 Å². The average molecular weight is 322 g/mol. The molecule has 0 saturated carbocycles. The van der Waals surface area contributed by atoms with Crippen molar-refractivity contribution in [2.45, 2.75) is 20.3 Å². The van der Waals surface area contributed by atoms with Gasteiger partial charge in [0, 0.05) is 42.2 Å². The molecule has 4 heteroatoms. The predicted molar refractivity (Wildman–Crippen MR) is 98.0 cm³/mol. The van der Waals surface area contributed by atoms with E-state index in [-0.39, 0.29) is 0 Å². The zero-order valence-electron chi connectivity index (χ0n) is 14.2. The molecule has 1 aromatic heterocycles. The minimum absolute atomic E-state index is 0.587. The molecule has 1 heterocycles. The number of carboxylic acid groups (broad SMARTS) is 1. The van der Waals surface area contributed by atoms with E-state index in [0.717, 1.165) is 24.5 Å². The Morgan fingerprint density at radius 1 is 1.17 bits per heavy atom. The number of hydrogen-bond donors (Lipinski definition) is 2. The molecule has 0 spiro atoms. The van der Waals surface area contributed by atoms with Crippen LogP contribution in [0.4, 0.5) is 0 Å². The molecular formula is C20H22N2O2. The van der Waals surface area contributed by atoms with Gasteiger partial charge in [-0.1, -0.05) is 43.3 Å². The van der Waals surface area contributed by atoms with Crippen LogP contribution in [0.1, 0.15) is 30.5 Å². The zero-order chi connectivity index (χ0) is 17.7. The van der Waals surface area contributed by atoms with Crippen molar-refractivity contribution in [2.24, 2.45) is 7.05 Å². The molecule has 4 nitrogen and oxygen atoms in total. The fraction of sp³-hybridized carbons (Fsp3) is 0.200. The fourth-order valence-electron chi connectivity index (χ4n) is 2.62. The summed E-state index contributed by atoms with van der Waals surface area (Å²) in [6, 6.07) is 16.4. The summed E-state index contributed by atoms with van der Waals surface area (Å²) in [5.41, 5.74) is 5.04. The first-order chi connectivity index (χ1) is 11.4. The lowest BCUT2D eigenvalue weighted by molar-refractivity contribution is -0.134. The summed E-state index contributed by atoms with van der Waals surface area (Å²) < 4.78 is 2.10. The Kier molecular flexibility index (Phi) is 5.53. The molecule has 0 fully saturated rings. The van der Waals surface area contributed by atoms with Crippen LogP contribution in [0.3, 0.4) is 0 Å². The van der Waals surface area contributed by atoms with Gasteiger partial charge in [-0.25, -0.2) is 0 Å². The monoisotopic (exact) mass is 322 g/mol. The highest BCUT2D eigenvalue weighted by Crippen LogP contribution is 2.24. The van der Waals surface area contributed by atoms with Gasteiger partial charge in [0.1, 0.15) is 0 Å². The summed E-state index contributed by atoms with van der Waals surface area (Å²) in [7, 11) is 2.04. The number of fused-ring (bicyclic) bond motifs is 1. The van der Waals surface area contributed by atoms with E-state index in [0.29, 0.717) is 5.71 Å². The number of rotatable bonds is 3. The second-order valence-corrected chi connectivity index (χ2v) is 5.62. The average Bonchev–Trinajstić information content (AvgIpc) is 2.90. The van der Waals surface area contributed by atoms with E-state index >= 15 is 0 Å². The minimum Gasteiger partial charge on any atom is -0.481 e. The van der Waals surface area contributed by atoms with Crippen molar-refractivity contribution in [3.63, 3.8) is 0 Å². The third kappa shape index (κ3) is 3.90. The van der Waals surface area contributed by atoms with Gasteiger partial charge in [-0.2, -0.15) is 0 Å². The van der Waals surface area contributed by atoms with Crippen LogP contribution in [0.5, 0.6) is 0 Å². The molecule has 0 saturated heterocycles. The summed E-state index contributed by atoms with van der Waals surface area (Å²) >= 11 is 0. The van der Waals surface area contributed by atoms with Gasteiger partial charge >= 0.3 is 0 Å². The Balaban J connectivity index is 0.000000471. The first-order valence-corrected chi connectivity index (χ1v) is 7.85.